The van der Waals surface area contributed by atoms with E-state index in [0.717, 1.165) is 15.7 Å². The van der Waals surface area contributed by atoms with Crippen molar-refractivity contribution in [2.75, 3.05) is 5.32 Å². The molecule has 0 fully saturated rings. The maximum absolute atomic E-state index is 9.67. The van der Waals surface area contributed by atoms with Crippen LogP contribution in [0.2, 0.25) is 0 Å². The first kappa shape index (κ1) is 13.9. The largest absolute Gasteiger partial charge is 0.390 e. The van der Waals surface area contributed by atoms with Gasteiger partial charge in [0.2, 0.25) is 0 Å². The molecule has 0 bridgehead atoms. The SMILES string of the molecule is CC(C)(O)C/C(C=N)=C/Nc1ccc(Br)cc1. The van der Waals surface area contributed by atoms with Crippen LogP contribution in [0.3, 0.4) is 0 Å². The Labute approximate surface area is 110 Å². The molecule has 0 atom stereocenters. The van der Waals surface area contributed by atoms with Crippen LogP contribution in [0, 0.1) is 5.41 Å². The minimum Gasteiger partial charge on any atom is -0.390 e. The Hall–Kier alpha value is -1.13. The highest BCUT2D eigenvalue weighted by molar-refractivity contribution is 9.10. The summed E-state index contributed by atoms with van der Waals surface area (Å²) in [5, 5.41) is 20.1. The normalized spacial score (nSPS) is 12.4. The lowest BCUT2D eigenvalue weighted by molar-refractivity contribution is 0.0824. The van der Waals surface area contributed by atoms with E-state index < -0.39 is 5.60 Å². The maximum atomic E-state index is 9.67. The highest BCUT2D eigenvalue weighted by atomic mass is 79.9. The molecule has 0 amide bonds. The summed E-state index contributed by atoms with van der Waals surface area (Å²) in [5.74, 6) is 0. The molecule has 1 aromatic rings. The summed E-state index contributed by atoms with van der Waals surface area (Å²) in [6, 6.07) is 7.75. The molecule has 1 aromatic carbocycles. The molecule has 1 rings (SSSR count). The number of rotatable bonds is 5. The van der Waals surface area contributed by atoms with Crippen LogP contribution < -0.4 is 5.32 Å². The van der Waals surface area contributed by atoms with E-state index in [-0.39, 0.29) is 0 Å². The van der Waals surface area contributed by atoms with E-state index in [1.807, 2.05) is 24.3 Å². The van der Waals surface area contributed by atoms with Crippen molar-refractivity contribution in [1.29, 1.82) is 5.41 Å². The van der Waals surface area contributed by atoms with Crippen LogP contribution in [0.5, 0.6) is 0 Å². The van der Waals surface area contributed by atoms with Crippen molar-refractivity contribution < 1.29 is 5.11 Å². The van der Waals surface area contributed by atoms with Crippen molar-refractivity contribution in [3.05, 3.63) is 40.5 Å². The van der Waals surface area contributed by atoms with Gasteiger partial charge in [-0.3, -0.25) is 0 Å². The Morgan fingerprint density at radius 1 is 1.41 bits per heavy atom. The Kier molecular flexibility index (Phi) is 4.90. The second-order valence-corrected chi connectivity index (χ2v) is 5.42. The van der Waals surface area contributed by atoms with Gasteiger partial charge in [0, 0.05) is 29.0 Å². The van der Waals surface area contributed by atoms with E-state index in [2.05, 4.69) is 21.2 Å². The Morgan fingerprint density at radius 2 is 2.00 bits per heavy atom. The number of hydrogen-bond donors (Lipinski definition) is 3. The van der Waals surface area contributed by atoms with Crippen molar-refractivity contribution in [2.45, 2.75) is 25.9 Å². The molecule has 4 heteroatoms. The molecule has 0 heterocycles. The lowest BCUT2D eigenvalue weighted by Gasteiger charge is -2.17. The molecule has 0 saturated carbocycles. The standard InChI is InChI=1S/C13H17BrN2O/c1-13(2,17)7-10(8-15)9-16-12-5-3-11(14)4-6-12/h3-6,8-9,15-17H,7H2,1-2H3/b10-9-,15-8?. The van der Waals surface area contributed by atoms with Gasteiger partial charge in [-0.15, -0.1) is 0 Å². The zero-order valence-electron chi connectivity index (χ0n) is 10.00. The minimum absolute atomic E-state index is 0.444. The second-order valence-electron chi connectivity index (χ2n) is 4.50. The molecule has 0 spiro atoms. The predicted octanol–water partition coefficient (Wildman–Crippen LogP) is 3.56. The Morgan fingerprint density at radius 3 is 2.47 bits per heavy atom. The predicted molar refractivity (Wildman–Crippen MR) is 75.5 cm³/mol. The van der Waals surface area contributed by atoms with Crippen LogP contribution in [0.1, 0.15) is 20.3 Å². The van der Waals surface area contributed by atoms with Crippen molar-refractivity contribution in [3.8, 4) is 0 Å². The third kappa shape index (κ3) is 5.65. The van der Waals surface area contributed by atoms with Crippen LogP contribution in [0.25, 0.3) is 0 Å². The Balaban J connectivity index is 2.67. The third-order valence-electron chi connectivity index (χ3n) is 2.09. The van der Waals surface area contributed by atoms with Gasteiger partial charge < -0.3 is 15.8 Å². The van der Waals surface area contributed by atoms with Gasteiger partial charge in [-0.05, 0) is 43.7 Å². The number of halogens is 1. The van der Waals surface area contributed by atoms with E-state index in [0.29, 0.717) is 6.42 Å². The number of benzene rings is 1. The number of aliphatic hydroxyl groups is 1. The quantitative estimate of drug-likeness (QED) is 0.728. The summed E-state index contributed by atoms with van der Waals surface area (Å²) in [6.45, 7) is 3.45. The van der Waals surface area contributed by atoms with Gasteiger partial charge in [0.05, 0.1) is 5.60 Å². The molecule has 0 aromatic heterocycles. The maximum Gasteiger partial charge on any atom is 0.0633 e. The minimum atomic E-state index is -0.801. The summed E-state index contributed by atoms with van der Waals surface area (Å²) in [4.78, 5) is 0. The molecule has 0 unspecified atom stereocenters. The fourth-order valence-corrected chi connectivity index (χ4v) is 1.63. The molecule has 0 radical (unpaired) electrons. The molecular formula is C13H17BrN2O. The summed E-state index contributed by atoms with van der Waals surface area (Å²) >= 11 is 3.37. The monoisotopic (exact) mass is 296 g/mol. The van der Waals surface area contributed by atoms with E-state index in [4.69, 9.17) is 5.41 Å². The first-order chi connectivity index (χ1) is 7.90. The topological polar surface area (TPSA) is 56.1 Å². The fourth-order valence-electron chi connectivity index (χ4n) is 1.37. The zero-order valence-corrected chi connectivity index (χ0v) is 11.6. The fraction of sp³-hybridized carbons (Fsp3) is 0.308. The molecule has 3 nitrogen and oxygen atoms in total. The Bertz CT molecular complexity index is 404. The second kappa shape index (κ2) is 5.98. The van der Waals surface area contributed by atoms with Gasteiger partial charge >= 0.3 is 0 Å². The van der Waals surface area contributed by atoms with E-state index in [9.17, 15) is 5.11 Å². The van der Waals surface area contributed by atoms with Gasteiger partial charge in [-0.2, -0.15) is 0 Å². The zero-order chi connectivity index (χ0) is 12.9. The smallest absolute Gasteiger partial charge is 0.0633 e. The number of hydrogen-bond acceptors (Lipinski definition) is 3. The first-order valence-electron chi connectivity index (χ1n) is 5.35. The molecule has 92 valence electrons. The summed E-state index contributed by atoms with van der Waals surface area (Å²) < 4.78 is 1.02. The first-order valence-corrected chi connectivity index (χ1v) is 6.14. The van der Waals surface area contributed by atoms with Gasteiger partial charge in [0.15, 0.2) is 0 Å². The van der Waals surface area contributed by atoms with Gasteiger partial charge in [-0.25, -0.2) is 0 Å². The van der Waals surface area contributed by atoms with Crippen LogP contribution in [0.15, 0.2) is 40.5 Å². The third-order valence-corrected chi connectivity index (χ3v) is 2.62. The molecule has 17 heavy (non-hydrogen) atoms. The molecule has 0 aliphatic carbocycles. The summed E-state index contributed by atoms with van der Waals surface area (Å²) in [5.41, 5.74) is 0.897. The molecular weight excluding hydrogens is 280 g/mol. The average molecular weight is 297 g/mol. The highest BCUT2D eigenvalue weighted by Crippen LogP contribution is 2.16. The molecule has 3 N–H and O–H groups in total. The number of anilines is 1. The molecule has 0 aliphatic heterocycles. The van der Waals surface area contributed by atoms with Crippen LogP contribution in [-0.4, -0.2) is 16.9 Å². The number of nitrogens with one attached hydrogen (secondary N) is 2. The lowest BCUT2D eigenvalue weighted by Crippen LogP contribution is -2.19. The summed E-state index contributed by atoms with van der Waals surface area (Å²) in [7, 11) is 0. The average Bonchev–Trinajstić information content (AvgIpc) is 2.25. The van der Waals surface area contributed by atoms with Crippen molar-refractivity contribution in [3.63, 3.8) is 0 Å². The molecule has 0 saturated heterocycles. The van der Waals surface area contributed by atoms with Gasteiger partial charge in [0.25, 0.3) is 0 Å². The van der Waals surface area contributed by atoms with E-state index in [1.54, 1.807) is 20.0 Å². The van der Waals surface area contributed by atoms with Crippen molar-refractivity contribution >= 4 is 27.8 Å². The lowest BCUT2D eigenvalue weighted by atomic mass is 10.00. The van der Waals surface area contributed by atoms with Crippen LogP contribution in [-0.2, 0) is 0 Å². The molecule has 0 aliphatic rings. The van der Waals surface area contributed by atoms with Gasteiger partial charge in [0.1, 0.15) is 0 Å². The van der Waals surface area contributed by atoms with Crippen molar-refractivity contribution in [2.24, 2.45) is 0 Å². The van der Waals surface area contributed by atoms with Crippen molar-refractivity contribution in [1.82, 2.24) is 0 Å². The van der Waals surface area contributed by atoms with E-state index >= 15 is 0 Å². The summed E-state index contributed by atoms with van der Waals surface area (Å²) in [6.07, 6.45) is 3.44. The van der Waals surface area contributed by atoms with Gasteiger partial charge in [-0.1, -0.05) is 15.9 Å². The van der Waals surface area contributed by atoms with Crippen LogP contribution >= 0.6 is 15.9 Å². The highest BCUT2D eigenvalue weighted by Gasteiger charge is 2.13. The van der Waals surface area contributed by atoms with Crippen LogP contribution in [0.4, 0.5) is 5.69 Å². The van der Waals surface area contributed by atoms with E-state index in [1.165, 1.54) is 6.21 Å².